The van der Waals surface area contributed by atoms with E-state index < -0.39 is 0 Å². The van der Waals surface area contributed by atoms with E-state index in [1.54, 1.807) is 24.3 Å². The van der Waals surface area contributed by atoms with Gasteiger partial charge in [0.05, 0.1) is 18.9 Å². The summed E-state index contributed by atoms with van der Waals surface area (Å²) in [4.78, 5) is 21.5. The third kappa shape index (κ3) is 4.26. The fourth-order valence-electron chi connectivity index (χ4n) is 1.19. The molecule has 1 aromatic heterocycles. The minimum absolute atomic E-state index is 0.0307. The van der Waals surface area contributed by atoms with Crippen LogP contribution in [0.25, 0.3) is 0 Å². The summed E-state index contributed by atoms with van der Waals surface area (Å²) in [5.41, 5.74) is 0. The smallest absolute Gasteiger partial charge is 0.241 e. The number of hydrogen-bond acceptors (Lipinski definition) is 5. The summed E-state index contributed by atoms with van der Waals surface area (Å²) in [5, 5.41) is 6.01. The van der Waals surface area contributed by atoms with Crippen molar-refractivity contribution in [1.82, 2.24) is 14.9 Å². The highest BCUT2D eigenvalue weighted by Gasteiger charge is 2.06. The molecule has 0 saturated heterocycles. The summed E-state index contributed by atoms with van der Waals surface area (Å²) in [6.07, 6.45) is 3.24. The molecule has 0 aliphatic carbocycles. The molecule has 17 heavy (non-hydrogen) atoms. The van der Waals surface area contributed by atoms with Crippen LogP contribution in [-0.2, 0) is 4.79 Å². The Kier molecular flexibility index (Phi) is 5.19. The van der Waals surface area contributed by atoms with Crippen molar-refractivity contribution in [2.24, 2.45) is 0 Å². The van der Waals surface area contributed by atoms with E-state index in [1.165, 1.54) is 0 Å². The molecule has 0 atom stereocenters. The van der Waals surface area contributed by atoms with Crippen LogP contribution in [0.2, 0.25) is 0 Å². The monoisotopic (exact) mass is 237 g/mol. The van der Waals surface area contributed by atoms with Crippen molar-refractivity contribution in [3.63, 3.8) is 0 Å². The predicted molar refractivity (Wildman–Crippen MR) is 68.0 cm³/mol. The largest absolute Gasteiger partial charge is 0.369 e. The van der Waals surface area contributed by atoms with E-state index in [1.807, 2.05) is 13.8 Å². The van der Waals surface area contributed by atoms with E-state index in [4.69, 9.17) is 0 Å². The van der Waals surface area contributed by atoms with Gasteiger partial charge in [0.1, 0.15) is 11.6 Å². The molecule has 0 fully saturated rings. The molecule has 1 amide bonds. The first-order valence-corrected chi connectivity index (χ1v) is 5.71. The van der Waals surface area contributed by atoms with Crippen molar-refractivity contribution >= 4 is 17.5 Å². The van der Waals surface area contributed by atoms with Gasteiger partial charge in [-0.25, -0.2) is 4.98 Å². The molecule has 0 saturated carbocycles. The second-order valence-electron chi connectivity index (χ2n) is 3.58. The fourth-order valence-corrected chi connectivity index (χ4v) is 1.19. The van der Waals surface area contributed by atoms with Crippen molar-refractivity contribution in [1.29, 1.82) is 0 Å². The van der Waals surface area contributed by atoms with Gasteiger partial charge in [-0.2, -0.15) is 0 Å². The standard InChI is InChI=1S/C11H19N5O/c1-4-13-9-6-12-7-10(15-9)14-8-11(17)16(3)5-2/h6-7H,4-5,8H2,1-3H3,(H2,13,14,15). The van der Waals surface area contributed by atoms with E-state index >= 15 is 0 Å². The average molecular weight is 237 g/mol. The second kappa shape index (κ2) is 6.67. The number of nitrogens with one attached hydrogen (secondary N) is 2. The van der Waals surface area contributed by atoms with Gasteiger partial charge in [0.15, 0.2) is 0 Å². The summed E-state index contributed by atoms with van der Waals surface area (Å²) < 4.78 is 0. The van der Waals surface area contributed by atoms with Crippen molar-refractivity contribution in [2.45, 2.75) is 13.8 Å². The quantitative estimate of drug-likeness (QED) is 0.765. The topological polar surface area (TPSA) is 70.2 Å². The molecule has 0 aliphatic rings. The maximum Gasteiger partial charge on any atom is 0.241 e. The first-order valence-electron chi connectivity index (χ1n) is 5.71. The summed E-state index contributed by atoms with van der Waals surface area (Å²) in [5.74, 6) is 1.33. The zero-order valence-corrected chi connectivity index (χ0v) is 10.5. The first kappa shape index (κ1) is 13.2. The minimum atomic E-state index is 0.0307. The molecule has 1 heterocycles. The lowest BCUT2D eigenvalue weighted by Crippen LogP contribution is -2.32. The normalized spacial score (nSPS) is 9.82. The van der Waals surface area contributed by atoms with E-state index in [9.17, 15) is 4.79 Å². The average Bonchev–Trinajstić information content (AvgIpc) is 2.36. The van der Waals surface area contributed by atoms with Crippen LogP contribution in [0.5, 0.6) is 0 Å². The number of anilines is 2. The number of amides is 1. The number of aromatic nitrogens is 2. The molecule has 1 rings (SSSR count). The molecule has 6 heteroatoms. The Morgan fingerprint density at radius 1 is 1.29 bits per heavy atom. The van der Waals surface area contributed by atoms with Crippen molar-refractivity contribution < 1.29 is 4.79 Å². The number of carbonyl (C=O) groups is 1. The molecule has 0 unspecified atom stereocenters. The Bertz CT molecular complexity index is 369. The van der Waals surface area contributed by atoms with Crippen LogP contribution in [0.1, 0.15) is 13.8 Å². The highest BCUT2D eigenvalue weighted by Crippen LogP contribution is 2.05. The highest BCUT2D eigenvalue weighted by atomic mass is 16.2. The SMILES string of the molecule is CCNc1cncc(NCC(=O)N(C)CC)n1. The molecule has 0 aliphatic heterocycles. The zero-order valence-electron chi connectivity index (χ0n) is 10.5. The van der Waals surface area contributed by atoms with Crippen molar-refractivity contribution in [2.75, 3.05) is 37.3 Å². The molecule has 0 bridgehead atoms. The fraction of sp³-hybridized carbons (Fsp3) is 0.545. The molecule has 0 aromatic carbocycles. The minimum Gasteiger partial charge on any atom is -0.369 e. The lowest BCUT2D eigenvalue weighted by molar-refractivity contribution is -0.127. The Morgan fingerprint density at radius 3 is 2.53 bits per heavy atom. The molecular formula is C11H19N5O. The van der Waals surface area contributed by atoms with Crippen LogP contribution in [0.4, 0.5) is 11.6 Å². The number of rotatable bonds is 6. The van der Waals surface area contributed by atoms with Gasteiger partial charge in [-0.3, -0.25) is 9.78 Å². The summed E-state index contributed by atoms with van der Waals surface area (Å²) in [6, 6.07) is 0. The van der Waals surface area contributed by atoms with Crippen LogP contribution < -0.4 is 10.6 Å². The molecule has 2 N–H and O–H groups in total. The van der Waals surface area contributed by atoms with E-state index in [0.29, 0.717) is 18.2 Å². The molecule has 94 valence electrons. The van der Waals surface area contributed by atoms with Crippen LogP contribution in [0.15, 0.2) is 12.4 Å². The lowest BCUT2D eigenvalue weighted by atomic mass is 10.5. The van der Waals surface area contributed by atoms with Gasteiger partial charge in [-0.1, -0.05) is 0 Å². The lowest BCUT2D eigenvalue weighted by Gasteiger charge is -2.15. The van der Waals surface area contributed by atoms with E-state index in [-0.39, 0.29) is 12.5 Å². The van der Waals surface area contributed by atoms with Gasteiger partial charge in [0.25, 0.3) is 0 Å². The molecular weight excluding hydrogens is 218 g/mol. The van der Waals surface area contributed by atoms with Gasteiger partial charge < -0.3 is 15.5 Å². The van der Waals surface area contributed by atoms with Gasteiger partial charge in [-0.15, -0.1) is 0 Å². The Hall–Kier alpha value is -1.85. The van der Waals surface area contributed by atoms with Crippen molar-refractivity contribution in [3.05, 3.63) is 12.4 Å². The molecule has 0 spiro atoms. The van der Waals surface area contributed by atoms with Gasteiger partial charge >= 0.3 is 0 Å². The summed E-state index contributed by atoms with van der Waals surface area (Å²) in [7, 11) is 1.77. The molecule has 0 radical (unpaired) electrons. The Labute approximate surface area is 101 Å². The highest BCUT2D eigenvalue weighted by molar-refractivity contribution is 5.80. The van der Waals surface area contributed by atoms with Crippen LogP contribution in [0.3, 0.4) is 0 Å². The summed E-state index contributed by atoms with van der Waals surface area (Å²) in [6.45, 7) is 5.64. The number of hydrogen-bond donors (Lipinski definition) is 2. The van der Waals surface area contributed by atoms with E-state index in [0.717, 1.165) is 6.54 Å². The Morgan fingerprint density at radius 2 is 1.94 bits per heavy atom. The van der Waals surface area contributed by atoms with Gasteiger partial charge in [0.2, 0.25) is 5.91 Å². The number of nitrogens with zero attached hydrogens (tertiary/aromatic N) is 3. The predicted octanol–water partition coefficient (Wildman–Crippen LogP) is 0.799. The van der Waals surface area contributed by atoms with Crippen LogP contribution in [0, 0.1) is 0 Å². The Balaban J connectivity index is 2.51. The number of carbonyl (C=O) groups excluding carboxylic acids is 1. The number of likely N-dealkylation sites (N-methyl/N-ethyl adjacent to an activating group) is 1. The van der Waals surface area contributed by atoms with Crippen molar-refractivity contribution in [3.8, 4) is 0 Å². The first-order chi connectivity index (χ1) is 8.17. The maximum absolute atomic E-state index is 11.6. The third-order valence-electron chi connectivity index (χ3n) is 2.31. The van der Waals surface area contributed by atoms with Crippen LogP contribution >= 0.6 is 0 Å². The zero-order chi connectivity index (χ0) is 12.7. The van der Waals surface area contributed by atoms with Crippen LogP contribution in [-0.4, -0.2) is 47.5 Å². The third-order valence-corrected chi connectivity index (χ3v) is 2.31. The maximum atomic E-state index is 11.6. The molecule has 6 nitrogen and oxygen atoms in total. The van der Waals surface area contributed by atoms with E-state index in [2.05, 4.69) is 20.6 Å². The van der Waals surface area contributed by atoms with Gasteiger partial charge in [-0.05, 0) is 13.8 Å². The van der Waals surface area contributed by atoms with Gasteiger partial charge in [0, 0.05) is 20.1 Å². The molecule has 1 aromatic rings. The second-order valence-corrected chi connectivity index (χ2v) is 3.58. The summed E-state index contributed by atoms with van der Waals surface area (Å²) >= 11 is 0.